The van der Waals surface area contributed by atoms with E-state index < -0.39 is 10.0 Å². The van der Waals surface area contributed by atoms with Crippen LogP contribution < -0.4 is 0 Å². The molecule has 1 aromatic carbocycles. The van der Waals surface area contributed by atoms with Crippen molar-refractivity contribution in [3.05, 3.63) is 30.3 Å². The molecule has 1 aromatic rings. The second kappa shape index (κ2) is 3.91. The molecule has 0 bridgehead atoms. The molecular formula is C7H10BNO3S. The van der Waals surface area contributed by atoms with Gasteiger partial charge in [0.2, 0.25) is 0 Å². The monoisotopic (exact) mass is 199 g/mol. The average Bonchev–Trinajstić information content (AvgIpc) is 2.18. The molecule has 0 aromatic heterocycles. The third-order valence-corrected chi connectivity index (χ3v) is 3.33. The molecule has 0 unspecified atom stereocenters. The zero-order valence-electron chi connectivity index (χ0n) is 7.47. The second-order valence-electron chi connectivity index (χ2n) is 2.41. The number of hydroxylamine groups is 1. The Morgan fingerprint density at radius 3 is 2.31 bits per heavy atom. The van der Waals surface area contributed by atoms with Gasteiger partial charge >= 0.3 is 0 Å². The van der Waals surface area contributed by atoms with Crippen molar-refractivity contribution in [2.75, 3.05) is 7.05 Å². The molecule has 13 heavy (non-hydrogen) atoms. The molecule has 0 aliphatic rings. The Morgan fingerprint density at radius 1 is 1.31 bits per heavy atom. The summed E-state index contributed by atoms with van der Waals surface area (Å²) in [5.41, 5.74) is 0. The maximum absolute atomic E-state index is 11.6. The first-order valence-corrected chi connectivity index (χ1v) is 5.11. The van der Waals surface area contributed by atoms with E-state index in [0.717, 1.165) is 4.47 Å². The van der Waals surface area contributed by atoms with Crippen LogP contribution in [0.5, 0.6) is 0 Å². The Morgan fingerprint density at radius 2 is 1.85 bits per heavy atom. The van der Waals surface area contributed by atoms with Gasteiger partial charge in [0.1, 0.15) is 0 Å². The smallest absolute Gasteiger partial charge is 0.288 e. The van der Waals surface area contributed by atoms with E-state index in [-0.39, 0.29) is 4.90 Å². The Hall–Kier alpha value is -0.845. The van der Waals surface area contributed by atoms with Crippen LogP contribution in [0.4, 0.5) is 0 Å². The summed E-state index contributed by atoms with van der Waals surface area (Å²) in [4.78, 5) is 0.222. The maximum atomic E-state index is 11.6. The van der Waals surface area contributed by atoms with Gasteiger partial charge in [-0.1, -0.05) is 22.7 Å². The van der Waals surface area contributed by atoms with Gasteiger partial charge in [-0.3, -0.25) is 0 Å². The van der Waals surface area contributed by atoms with Gasteiger partial charge in [-0.05, 0) is 12.1 Å². The quantitative estimate of drug-likeness (QED) is 0.499. The zero-order chi connectivity index (χ0) is 9.90. The van der Waals surface area contributed by atoms with E-state index in [1.165, 1.54) is 27.2 Å². The highest BCUT2D eigenvalue weighted by atomic mass is 32.2. The van der Waals surface area contributed by atoms with Crippen molar-refractivity contribution in [2.45, 2.75) is 4.90 Å². The van der Waals surface area contributed by atoms with Gasteiger partial charge < -0.3 is 4.76 Å². The number of nitrogens with zero attached hydrogens (tertiary/aromatic N) is 1. The molecular weight excluding hydrogens is 189 g/mol. The normalized spacial score (nSPS) is 11.8. The van der Waals surface area contributed by atoms with E-state index in [1.807, 2.05) is 0 Å². The van der Waals surface area contributed by atoms with Gasteiger partial charge in [0.15, 0.2) is 0 Å². The largest absolute Gasteiger partial charge is 0.358 e. The Bertz CT molecular complexity index is 365. The van der Waals surface area contributed by atoms with Crippen LogP contribution in [0.1, 0.15) is 0 Å². The van der Waals surface area contributed by atoms with Crippen molar-refractivity contribution in [1.29, 1.82) is 0 Å². The molecule has 0 radical (unpaired) electrons. The van der Waals surface area contributed by atoms with Crippen LogP contribution in [-0.4, -0.2) is 28.0 Å². The highest BCUT2D eigenvalue weighted by Gasteiger charge is 2.18. The molecule has 4 nitrogen and oxygen atoms in total. The van der Waals surface area contributed by atoms with E-state index in [4.69, 9.17) is 0 Å². The Labute approximate surface area is 78.6 Å². The molecule has 0 N–H and O–H groups in total. The lowest BCUT2D eigenvalue weighted by atomic mass is 10.4. The lowest BCUT2D eigenvalue weighted by Gasteiger charge is -2.14. The minimum absolute atomic E-state index is 0.222. The summed E-state index contributed by atoms with van der Waals surface area (Å²) >= 11 is 0. The average molecular weight is 199 g/mol. The number of benzene rings is 1. The van der Waals surface area contributed by atoms with Crippen LogP contribution in [0.25, 0.3) is 0 Å². The summed E-state index contributed by atoms with van der Waals surface area (Å²) in [5, 5.41) is 0. The van der Waals surface area contributed by atoms with Gasteiger partial charge in [0.25, 0.3) is 18.1 Å². The van der Waals surface area contributed by atoms with Crippen LogP contribution in [0.15, 0.2) is 35.2 Å². The molecule has 0 spiro atoms. The van der Waals surface area contributed by atoms with Gasteiger partial charge in [-0.15, -0.1) is 0 Å². The molecule has 0 fully saturated rings. The molecule has 6 heteroatoms. The highest BCUT2D eigenvalue weighted by Crippen LogP contribution is 2.12. The maximum Gasteiger partial charge on any atom is 0.288 e. The Balaban J connectivity index is 3.09. The summed E-state index contributed by atoms with van der Waals surface area (Å²) in [6, 6.07) is 8.12. The van der Waals surface area contributed by atoms with E-state index >= 15 is 0 Å². The standard InChI is InChI=1S/C7H10BNO3S/c1-9(12-8)13(10,11)7-5-3-2-4-6-7/h2-6H,8H2,1H3. The van der Waals surface area contributed by atoms with Crippen molar-refractivity contribution >= 4 is 18.1 Å². The molecule has 0 aliphatic heterocycles. The molecule has 0 atom stereocenters. The molecule has 0 aliphatic carbocycles. The van der Waals surface area contributed by atoms with Crippen molar-refractivity contribution in [1.82, 2.24) is 4.47 Å². The molecule has 0 heterocycles. The lowest BCUT2D eigenvalue weighted by molar-refractivity contribution is 0.0779. The lowest BCUT2D eigenvalue weighted by Crippen LogP contribution is -2.26. The number of hydrogen-bond donors (Lipinski definition) is 0. The van der Waals surface area contributed by atoms with Crippen LogP contribution in [0, 0.1) is 0 Å². The Kier molecular flexibility index (Phi) is 3.08. The third-order valence-electron chi connectivity index (χ3n) is 1.64. The van der Waals surface area contributed by atoms with Crippen LogP contribution >= 0.6 is 0 Å². The highest BCUT2D eigenvalue weighted by molar-refractivity contribution is 7.89. The summed E-state index contributed by atoms with van der Waals surface area (Å²) < 4.78 is 28.6. The SMILES string of the molecule is BON(C)S(=O)(=O)c1ccccc1. The van der Waals surface area contributed by atoms with Crippen LogP contribution in [-0.2, 0) is 14.8 Å². The molecule has 0 saturated heterocycles. The van der Waals surface area contributed by atoms with Crippen molar-refractivity contribution in [3.63, 3.8) is 0 Å². The number of hydrogen-bond acceptors (Lipinski definition) is 3. The van der Waals surface area contributed by atoms with E-state index in [9.17, 15) is 8.42 Å². The van der Waals surface area contributed by atoms with Crippen LogP contribution in [0.3, 0.4) is 0 Å². The molecule has 0 amide bonds. The first-order valence-electron chi connectivity index (χ1n) is 3.67. The number of rotatable bonds is 3. The summed E-state index contributed by atoms with van der Waals surface area (Å²) in [6.07, 6.45) is 0. The summed E-state index contributed by atoms with van der Waals surface area (Å²) in [6.45, 7) is 0. The van der Waals surface area contributed by atoms with Crippen molar-refractivity contribution < 1.29 is 13.2 Å². The first-order chi connectivity index (χ1) is 6.09. The fraction of sp³-hybridized carbons (Fsp3) is 0.143. The van der Waals surface area contributed by atoms with E-state index in [1.54, 1.807) is 18.2 Å². The predicted octanol–water partition coefficient (Wildman–Crippen LogP) is -0.213. The summed E-state index contributed by atoms with van der Waals surface area (Å²) in [7, 11) is -0.822. The number of sulfonamides is 1. The van der Waals surface area contributed by atoms with E-state index in [0.29, 0.717) is 0 Å². The fourth-order valence-corrected chi connectivity index (χ4v) is 1.83. The minimum Gasteiger partial charge on any atom is -0.358 e. The first kappa shape index (κ1) is 10.2. The fourth-order valence-electron chi connectivity index (χ4n) is 0.839. The van der Waals surface area contributed by atoms with Gasteiger partial charge in [-0.2, -0.15) is 0 Å². The zero-order valence-corrected chi connectivity index (χ0v) is 8.28. The van der Waals surface area contributed by atoms with Gasteiger partial charge in [0.05, 0.1) is 4.90 Å². The van der Waals surface area contributed by atoms with Gasteiger partial charge in [0, 0.05) is 7.05 Å². The molecule has 1 rings (SSSR count). The second-order valence-corrected chi connectivity index (χ2v) is 4.35. The van der Waals surface area contributed by atoms with Crippen LogP contribution in [0.2, 0.25) is 0 Å². The molecule has 70 valence electrons. The molecule has 0 saturated carbocycles. The summed E-state index contributed by atoms with van der Waals surface area (Å²) in [5.74, 6) is 0. The van der Waals surface area contributed by atoms with Crippen molar-refractivity contribution in [2.24, 2.45) is 0 Å². The minimum atomic E-state index is -3.48. The predicted molar refractivity (Wildman–Crippen MR) is 51.0 cm³/mol. The topological polar surface area (TPSA) is 46.6 Å². The third kappa shape index (κ3) is 2.09. The van der Waals surface area contributed by atoms with Gasteiger partial charge in [-0.25, -0.2) is 8.42 Å². The van der Waals surface area contributed by atoms with E-state index in [2.05, 4.69) is 4.76 Å². The van der Waals surface area contributed by atoms with Crippen molar-refractivity contribution in [3.8, 4) is 0 Å².